The molecule has 0 aromatic heterocycles. The molecule has 3 unspecified atom stereocenters. The van der Waals surface area contributed by atoms with Crippen LogP contribution in [0.25, 0.3) is 0 Å². The minimum Gasteiger partial charge on any atom is -0.337 e. The van der Waals surface area contributed by atoms with Crippen LogP contribution in [0.3, 0.4) is 0 Å². The number of hydrogen-bond donors (Lipinski definition) is 0. The van der Waals surface area contributed by atoms with Crippen LogP contribution in [0.1, 0.15) is 40.5 Å². The second-order valence-electron chi connectivity index (χ2n) is 3.96. The minimum absolute atomic E-state index is 0.305. The van der Waals surface area contributed by atoms with Gasteiger partial charge >= 0.3 is 0 Å². The first-order chi connectivity index (χ1) is 5.57. The standard InChI is InChI=1S/C10H19NO/c1-5-10(12)11-8(3)6-7(2)9(11)4/h7-9H,5-6H2,1-4H3. The number of nitrogens with zero attached hydrogens (tertiary/aromatic N) is 1. The topological polar surface area (TPSA) is 20.3 Å². The van der Waals surface area contributed by atoms with Crippen molar-refractivity contribution in [1.29, 1.82) is 0 Å². The predicted molar refractivity (Wildman–Crippen MR) is 49.8 cm³/mol. The summed E-state index contributed by atoms with van der Waals surface area (Å²) >= 11 is 0. The molecule has 0 N–H and O–H groups in total. The van der Waals surface area contributed by atoms with E-state index in [0.717, 1.165) is 6.42 Å². The molecule has 2 heteroatoms. The molecule has 1 aliphatic heterocycles. The third-order valence-corrected chi connectivity index (χ3v) is 3.04. The van der Waals surface area contributed by atoms with E-state index in [0.29, 0.717) is 30.3 Å². The Morgan fingerprint density at radius 1 is 1.42 bits per heavy atom. The van der Waals surface area contributed by atoms with E-state index in [4.69, 9.17) is 0 Å². The van der Waals surface area contributed by atoms with Crippen molar-refractivity contribution in [3.63, 3.8) is 0 Å². The summed E-state index contributed by atoms with van der Waals surface area (Å²) in [7, 11) is 0. The summed E-state index contributed by atoms with van der Waals surface area (Å²) in [5.74, 6) is 0.967. The van der Waals surface area contributed by atoms with E-state index in [1.54, 1.807) is 0 Å². The van der Waals surface area contributed by atoms with E-state index in [2.05, 4.69) is 20.8 Å². The molecule has 0 aromatic carbocycles. The number of carbonyl (C=O) groups excluding carboxylic acids is 1. The number of likely N-dealkylation sites (tertiary alicyclic amines) is 1. The highest BCUT2D eigenvalue weighted by atomic mass is 16.2. The Morgan fingerprint density at radius 3 is 2.33 bits per heavy atom. The Kier molecular flexibility index (Phi) is 2.76. The quantitative estimate of drug-likeness (QED) is 0.588. The van der Waals surface area contributed by atoms with Crippen LogP contribution >= 0.6 is 0 Å². The molecule has 1 fully saturated rings. The molecule has 0 aliphatic carbocycles. The summed E-state index contributed by atoms with van der Waals surface area (Å²) in [6.45, 7) is 8.46. The first-order valence-electron chi connectivity index (χ1n) is 4.89. The van der Waals surface area contributed by atoms with Crippen molar-refractivity contribution < 1.29 is 4.79 Å². The summed E-state index contributed by atoms with van der Waals surface area (Å²) in [5.41, 5.74) is 0. The van der Waals surface area contributed by atoms with Gasteiger partial charge in [0.25, 0.3) is 0 Å². The van der Waals surface area contributed by atoms with Crippen LogP contribution < -0.4 is 0 Å². The highest BCUT2D eigenvalue weighted by Gasteiger charge is 2.35. The first kappa shape index (κ1) is 9.56. The maximum Gasteiger partial charge on any atom is 0.222 e. The molecule has 0 bridgehead atoms. The van der Waals surface area contributed by atoms with Crippen LogP contribution in [-0.4, -0.2) is 22.9 Å². The Balaban J connectivity index is 2.69. The van der Waals surface area contributed by atoms with Gasteiger partial charge in [-0.3, -0.25) is 4.79 Å². The van der Waals surface area contributed by atoms with Gasteiger partial charge in [0.2, 0.25) is 5.91 Å². The molecule has 0 aromatic rings. The van der Waals surface area contributed by atoms with Crippen molar-refractivity contribution in [3.05, 3.63) is 0 Å². The van der Waals surface area contributed by atoms with Crippen LogP contribution in [0.2, 0.25) is 0 Å². The monoisotopic (exact) mass is 169 g/mol. The lowest BCUT2D eigenvalue weighted by Gasteiger charge is -2.26. The lowest BCUT2D eigenvalue weighted by Crippen LogP contribution is -2.39. The van der Waals surface area contributed by atoms with Gasteiger partial charge in [-0.25, -0.2) is 0 Å². The van der Waals surface area contributed by atoms with Crippen LogP contribution in [0.4, 0.5) is 0 Å². The summed E-state index contributed by atoms with van der Waals surface area (Å²) < 4.78 is 0. The summed E-state index contributed by atoms with van der Waals surface area (Å²) in [5, 5.41) is 0. The fraction of sp³-hybridized carbons (Fsp3) is 0.900. The SMILES string of the molecule is CCC(=O)N1C(C)CC(C)C1C. The molecular formula is C10H19NO. The zero-order chi connectivity index (χ0) is 9.30. The largest absolute Gasteiger partial charge is 0.337 e. The van der Waals surface area contributed by atoms with Gasteiger partial charge in [0, 0.05) is 18.5 Å². The lowest BCUT2D eigenvalue weighted by atomic mass is 10.0. The van der Waals surface area contributed by atoms with Crippen LogP contribution in [0.15, 0.2) is 0 Å². The summed E-state index contributed by atoms with van der Waals surface area (Å²) in [6.07, 6.45) is 1.80. The van der Waals surface area contributed by atoms with Crippen LogP contribution in [0, 0.1) is 5.92 Å². The highest BCUT2D eigenvalue weighted by Crippen LogP contribution is 2.29. The minimum atomic E-state index is 0.305. The highest BCUT2D eigenvalue weighted by molar-refractivity contribution is 5.76. The maximum absolute atomic E-state index is 11.5. The molecule has 1 heterocycles. The zero-order valence-corrected chi connectivity index (χ0v) is 8.50. The molecule has 1 saturated heterocycles. The van der Waals surface area contributed by atoms with E-state index in [-0.39, 0.29) is 0 Å². The van der Waals surface area contributed by atoms with Gasteiger partial charge in [0.05, 0.1) is 0 Å². The second kappa shape index (κ2) is 3.46. The molecule has 1 aliphatic rings. The van der Waals surface area contributed by atoms with Gasteiger partial charge in [-0.15, -0.1) is 0 Å². The molecule has 1 rings (SSSR count). The van der Waals surface area contributed by atoms with Crippen LogP contribution in [-0.2, 0) is 4.79 Å². The molecule has 2 nitrogen and oxygen atoms in total. The van der Waals surface area contributed by atoms with Crippen LogP contribution in [0.5, 0.6) is 0 Å². The first-order valence-corrected chi connectivity index (χ1v) is 4.89. The van der Waals surface area contributed by atoms with Crippen molar-refractivity contribution in [1.82, 2.24) is 4.90 Å². The fourth-order valence-electron chi connectivity index (χ4n) is 2.18. The molecule has 3 atom stereocenters. The third kappa shape index (κ3) is 1.47. The van der Waals surface area contributed by atoms with E-state index >= 15 is 0 Å². The van der Waals surface area contributed by atoms with Crippen molar-refractivity contribution in [2.45, 2.75) is 52.6 Å². The molecule has 0 spiro atoms. The van der Waals surface area contributed by atoms with Gasteiger partial charge in [0.15, 0.2) is 0 Å². The van der Waals surface area contributed by atoms with Crippen molar-refractivity contribution in [2.24, 2.45) is 5.92 Å². The van der Waals surface area contributed by atoms with Gasteiger partial charge in [0.1, 0.15) is 0 Å². The summed E-state index contributed by atoms with van der Waals surface area (Å²) in [6, 6.07) is 0.884. The smallest absolute Gasteiger partial charge is 0.222 e. The van der Waals surface area contributed by atoms with Gasteiger partial charge in [-0.05, 0) is 26.2 Å². The molecule has 0 radical (unpaired) electrons. The zero-order valence-electron chi connectivity index (χ0n) is 8.50. The Bertz CT molecular complexity index is 179. The van der Waals surface area contributed by atoms with E-state index in [1.807, 2.05) is 11.8 Å². The van der Waals surface area contributed by atoms with Crippen molar-refractivity contribution in [3.8, 4) is 0 Å². The van der Waals surface area contributed by atoms with Crippen molar-refractivity contribution >= 4 is 5.91 Å². The number of rotatable bonds is 1. The van der Waals surface area contributed by atoms with Gasteiger partial charge in [-0.2, -0.15) is 0 Å². The maximum atomic E-state index is 11.5. The molecule has 70 valence electrons. The van der Waals surface area contributed by atoms with E-state index in [9.17, 15) is 4.79 Å². The average Bonchev–Trinajstić information content (AvgIpc) is 2.26. The Hall–Kier alpha value is -0.530. The molecule has 1 amide bonds. The Morgan fingerprint density at radius 2 is 2.00 bits per heavy atom. The second-order valence-corrected chi connectivity index (χ2v) is 3.96. The number of amides is 1. The normalized spacial score (nSPS) is 35.7. The van der Waals surface area contributed by atoms with Gasteiger partial charge in [-0.1, -0.05) is 13.8 Å². The summed E-state index contributed by atoms with van der Waals surface area (Å²) in [4.78, 5) is 13.6. The van der Waals surface area contributed by atoms with E-state index < -0.39 is 0 Å². The molecule has 12 heavy (non-hydrogen) atoms. The molecular weight excluding hydrogens is 150 g/mol. The van der Waals surface area contributed by atoms with Crippen molar-refractivity contribution in [2.75, 3.05) is 0 Å². The predicted octanol–water partition coefficient (Wildman–Crippen LogP) is 2.04. The molecule has 0 saturated carbocycles. The Labute approximate surface area is 74.9 Å². The van der Waals surface area contributed by atoms with E-state index in [1.165, 1.54) is 0 Å². The van der Waals surface area contributed by atoms with Gasteiger partial charge < -0.3 is 4.90 Å². The fourth-order valence-corrected chi connectivity index (χ4v) is 2.18. The average molecular weight is 169 g/mol. The lowest BCUT2D eigenvalue weighted by molar-refractivity contribution is -0.133. The third-order valence-electron chi connectivity index (χ3n) is 3.04. The number of carbonyl (C=O) groups is 1. The number of hydrogen-bond acceptors (Lipinski definition) is 1.